The highest BCUT2D eigenvalue weighted by Gasteiger charge is 2.19. The monoisotopic (exact) mass is 292 g/mol. The third kappa shape index (κ3) is 2.94. The highest BCUT2D eigenvalue weighted by molar-refractivity contribution is 7.92. The Labute approximate surface area is 118 Å². The van der Waals surface area contributed by atoms with Gasteiger partial charge in [0.15, 0.2) is 0 Å². The summed E-state index contributed by atoms with van der Waals surface area (Å²) in [5.74, 6) is 0. The van der Waals surface area contributed by atoms with Crippen LogP contribution >= 0.6 is 0 Å². The van der Waals surface area contributed by atoms with E-state index < -0.39 is 10.0 Å². The fourth-order valence-corrected chi connectivity index (χ4v) is 3.13. The zero-order valence-corrected chi connectivity index (χ0v) is 12.1. The predicted molar refractivity (Wildman–Crippen MR) is 76.6 cm³/mol. The van der Waals surface area contributed by atoms with Crippen LogP contribution in [0.1, 0.15) is 17.1 Å². The van der Waals surface area contributed by atoms with Crippen molar-refractivity contribution in [1.29, 1.82) is 0 Å². The van der Waals surface area contributed by atoms with Gasteiger partial charge in [-0.1, -0.05) is 0 Å². The summed E-state index contributed by atoms with van der Waals surface area (Å²) in [6, 6.07) is 6.48. The van der Waals surface area contributed by atoms with Crippen molar-refractivity contribution in [3.05, 3.63) is 47.5 Å². The molecule has 0 unspecified atom stereocenters. The molecular formula is C13H16N4O2S. The molecule has 0 aliphatic heterocycles. The number of nitrogens with zero attached hydrogens (tertiary/aromatic N) is 2. The Bertz CT molecular complexity index is 729. The lowest BCUT2D eigenvalue weighted by molar-refractivity contribution is 0.599. The van der Waals surface area contributed by atoms with E-state index in [1.54, 1.807) is 25.1 Å². The van der Waals surface area contributed by atoms with Gasteiger partial charge in [-0.3, -0.25) is 14.7 Å². The molecule has 0 radical (unpaired) electrons. The van der Waals surface area contributed by atoms with E-state index in [0.29, 0.717) is 17.1 Å². The Kier molecular flexibility index (Phi) is 4.01. The van der Waals surface area contributed by atoms with Crippen molar-refractivity contribution in [2.24, 2.45) is 5.73 Å². The summed E-state index contributed by atoms with van der Waals surface area (Å²) in [7, 11) is -3.72. The lowest BCUT2D eigenvalue weighted by Gasteiger charge is -2.12. The van der Waals surface area contributed by atoms with E-state index in [1.807, 2.05) is 6.92 Å². The van der Waals surface area contributed by atoms with Gasteiger partial charge in [-0.2, -0.15) is 0 Å². The first-order chi connectivity index (χ1) is 9.44. The normalized spacial score (nSPS) is 11.3. The molecule has 2 heterocycles. The smallest absolute Gasteiger partial charge is 0.263 e. The molecule has 0 saturated heterocycles. The topological polar surface area (TPSA) is 98.0 Å². The first kappa shape index (κ1) is 14.4. The van der Waals surface area contributed by atoms with Gasteiger partial charge < -0.3 is 5.73 Å². The maximum absolute atomic E-state index is 12.4. The first-order valence-corrected chi connectivity index (χ1v) is 7.53. The molecule has 0 aliphatic rings. The summed E-state index contributed by atoms with van der Waals surface area (Å²) in [5.41, 5.74) is 7.75. The van der Waals surface area contributed by atoms with Crippen molar-refractivity contribution in [3.8, 4) is 0 Å². The van der Waals surface area contributed by atoms with E-state index in [2.05, 4.69) is 14.7 Å². The molecule has 20 heavy (non-hydrogen) atoms. The van der Waals surface area contributed by atoms with Gasteiger partial charge in [-0.15, -0.1) is 0 Å². The Morgan fingerprint density at radius 3 is 2.65 bits per heavy atom. The predicted octanol–water partition coefficient (Wildman–Crippen LogP) is 1.35. The Hall–Kier alpha value is -1.99. The molecule has 0 fully saturated rings. The molecule has 106 valence electrons. The molecular weight excluding hydrogens is 276 g/mol. The maximum atomic E-state index is 12.4. The van der Waals surface area contributed by atoms with Crippen molar-refractivity contribution in [3.63, 3.8) is 0 Å². The lowest BCUT2D eigenvalue weighted by Crippen LogP contribution is -2.18. The van der Waals surface area contributed by atoms with Gasteiger partial charge in [-0.05, 0) is 38.1 Å². The van der Waals surface area contributed by atoms with Gasteiger partial charge in [0, 0.05) is 18.4 Å². The second kappa shape index (κ2) is 5.56. The summed E-state index contributed by atoms with van der Waals surface area (Å²) in [4.78, 5) is 8.29. The number of sulfonamides is 1. The summed E-state index contributed by atoms with van der Waals surface area (Å²) < 4.78 is 27.3. The van der Waals surface area contributed by atoms with E-state index in [-0.39, 0.29) is 11.4 Å². The third-order valence-electron chi connectivity index (χ3n) is 2.80. The summed E-state index contributed by atoms with van der Waals surface area (Å²) in [6.45, 7) is 3.65. The van der Waals surface area contributed by atoms with Gasteiger partial charge in [-0.25, -0.2) is 8.42 Å². The Morgan fingerprint density at radius 1 is 1.25 bits per heavy atom. The van der Waals surface area contributed by atoms with Crippen LogP contribution in [0.15, 0.2) is 35.4 Å². The molecule has 0 saturated carbocycles. The third-order valence-corrected chi connectivity index (χ3v) is 4.24. The number of nitrogens with one attached hydrogen (secondary N) is 1. The van der Waals surface area contributed by atoms with Crippen LogP contribution in [0.2, 0.25) is 0 Å². The number of hydrogen-bond donors (Lipinski definition) is 2. The van der Waals surface area contributed by atoms with Crippen molar-refractivity contribution in [2.75, 3.05) is 4.72 Å². The quantitative estimate of drug-likeness (QED) is 0.886. The van der Waals surface area contributed by atoms with Gasteiger partial charge in [0.1, 0.15) is 4.90 Å². The minimum atomic E-state index is -3.72. The van der Waals surface area contributed by atoms with Crippen molar-refractivity contribution in [2.45, 2.75) is 25.3 Å². The first-order valence-electron chi connectivity index (χ1n) is 6.05. The van der Waals surface area contributed by atoms with E-state index in [4.69, 9.17) is 5.73 Å². The second-order valence-electron chi connectivity index (χ2n) is 4.34. The molecule has 0 aliphatic carbocycles. The molecule has 2 aromatic heterocycles. The number of pyridine rings is 2. The number of aromatic nitrogens is 2. The minimum Gasteiger partial charge on any atom is -0.325 e. The molecule has 6 nitrogen and oxygen atoms in total. The molecule has 3 N–H and O–H groups in total. The van der Waals surface area contributed by atoms with Gasteiger partial charge >= 0.3 is 0 Å². The zero-order valence-electron chi connectivity index (χ0n) is 11.3. The average molecular weight is 292 g/mol. The van der Waals surface area contributed by atoms with Gasteiger partial charge in [0.05, 0.1) is 17.1 Å². The molecule has 0 spiro atoms. The van der Waals surface area contributed by atoms with Crippen molar-refractivity contribution >= 4 is 15.7 Å². The summed E-state index contributed by atoms with van der Waals surface area (Å²) in [5, 5.41) is 0. The average Bonchev–Trinajstić information content (AvgIpc) is 2.42. The highest BCUT2D eigenvalue weighted by atomic mass is 32.2. The summed E-state index contributed by atoms with van der Waals surface area (Å²) in [6.07, 6.45) is 1.51. The van der Waals surface area contributed by atoms with Crippen LogP contribution in [0.5, 0.6) is 0 Å². The van der Waals surface area contributed by atoms with Crippen LogP contribution in [0, 0.1) is 13.8 Å². The van der Waals surface area contributed by atoms with Crippen LogP contribution in [0.25, 0.3) is 0 Å². The summed E-state index contributed by atoms with van der Waals surface area (Å²) >= 11 is 0. The van der Waals surface area contributed by atoms with Crippen LogP contribution in [-0.4, -0.2) is 18.4 Å². The molecule has 0 atom stereocenters. The molecule has 0 aromatic carbocycles. The van der Waals surface area contributed by atoms with E-state index in [0.717, 1.165) is 5.69 Å². The number of hydrogen-bond acceptors (Lipinski definition) is 5. The zero-order chi connectivity index (χ0) is 14.8. The van der Waals surface area contributed by atoms with Crippen LogP contribution in [0.3, 0.4) is 0 Å². The maximum Gasteiger partial charge on any atom is 0.263 e. The SMILES string of the molecule is Cc1ccc(NS(=O)(=O)c2cccnc2CN)c(C)n1. The second-order valence-corrected chi connectivity index (χ2v) is 5.99. The standard InChI is InChI=1S/C13H16N4O2S/c1-9-5-6-11(10(2)16-9)17-20(18,19)13-4-3-7-15-12(13)8-14/h3-7,17H,8,14H2,1-2H3. The van der Waals surface area contributed by atoms with Crippen LogP contribution < -0.4 is 10.5 Å². The molecule has 2 aromatic rings. The highest BCUT2D eigenvalue weighted by Crippen LogP contribution is 2.20. The van der Waals surface area contributed by atoms with Gasteiger partial charge in [0.25, 0.3) is 10.0 Å². The fourth-order valence-electron chi connectivity index (χ4n) is 1.82. The van der Waals surface area contributed by atoms with Crippen molar-refractivity contribution < 1.29 is 8.42 Å². The molecule has 2 rings (SSSR count). The molecule has 0 amide bonds. The van der Waals surface area contributed by atoms with E-state index in [1.165, 1.54) is 12.3 Å². The van der Waals surface area contributed by atoms with Crippen molar-refractivity contribution in [1.82, 2.24) is 9.97 Å². The minimum absolute atomic E-state index is 0.0578. The van der Waals surface area contributed by atoms with Gasteiger partial charge in [0.2, 0.25) is 0 Å². The molecule has 7 heteroatoms. The van der Waals surface area contributed by atoms with Crippen LogP contribution in [-0.2, 0) is 16.6 Å². The Balaban J connectivity index is 2.41. The number of aryl methyl sites for hydroxylation is 2. The van der Waals surface area contributed by atoms with Crippen LogP contribution in [0.4, 0.5) is 5.69 Å². The fraction of sp³-hybridized carbons (Fsp3) is 0.231. The lowest BCUT2D eigenvalue weighted by atomic mass is 10.3. The molecule has 0 bridgehead atoms. The van der Waals surface area contributed by atoms with E-state index in [9.17, 15) is 8.42 Å². The van der Waals surface area contributed by atoms with E-state index >= 15 is 0 Å². The number of anilines is 1. The number of rotatable bonds is 4. The number of nitrogens with two attached hydrogens (primary N) is 1. The largest absolute Gasteiger partial charge is 0.325 e. The Morgan fingerprint density at radius 2 is 2.00 bits per heavy atom.